The highest BCUT2D eigenvalue weighted by molar-refractivity contribution is 6.08. The van der Waals surface area contributed by atoms with E-state index in [-0.39, 0.29) is 19.1 Å². The van der Waals surface area contributed by atoms with E-state index in [4.69, 9.17) is 10.5 Å². The number of anilines is 1. The SMILES string of the molecule is CCOC(=O)c1ccccc1NC(=O)c1ccccc1CN. The molecule has 5 heteroatoms. The lowest BCUT2D eigenvalue weighted by Crippen LogP contribution is -2.18. The van der Waals surface area contributed by atoms with Crippen LogP contribution in [-0.4, -0.2) is 18.5 Å². The number of amides is 1. The van der Waals surface area contributed by atoms with E-state index in [1.54, 1.807) is 49.4 Å². The maximum Gasteiger partial charge on any atom is 0.340 e. The van der Waals surface area contributed by atoms with Gasteiger partial charge in [0.05, 0.1) is 17.9 Å². The van der Waals surface area contributed by atoms with E-state index in [1.807, 2.05) is 6.07 Å². The van der Waals surface area contributed by atoms with Crippen molar-refractivity contribution in [3.05, 3.63) is 65.2 Å². The van der Waals surface area contributed by atoms with E-state index >= 15 is 0 Å². The van der Waals surface area contributed by atoms with Crippen molar-refractivity contribution < 1.29 is 14.3 Å². The number of hydrogen-bond donors (Lipinski definition) is 2. The number of benzene rings is 2. The number of nitrogens with two attached hydrogens (primary N) is 1. The van der Waals surface area contributed by atoms with E-state index < -0.39 is 5.97 Å². The molecule has 2 rings (SSSR count). The summed E-state index contributed by atoms with van der Waals surface area (Å²) in [6, 6.07) is 13.8. The molecule has 0 saturated heterocycles. The van der Waals surface area contributed by atoms with E-state index in [2.05, 4.69) is 5.32 Å². The molecule has 3 N–H and O–H groups in total. The molecule has 0 aliphatic rings. The standard InChI is InChI=1S/C17H18N2O3/c1-2-22-17(21)14-9-5-6-10-15(14)19-16(20)13-8-4-3-7-12(13)11-18/h3-10H,2,11,18H2,1H3,(H,19,20). The van der Waals surface area contributed by atoms with E-state index in [0.717, 1.165) is 5.56 Å². The van der Waals surface area contributed by atoms with Gasteiger partial charge >= 0.3 is 5.97 Å². The molecule has 22 heavy (non-hydrogen) atoms. The van der Waals surface area contributed by atoms with Gasteiger partial charge in [0.25, 0.3) is 5.91 Å². The average Bonchev–Trinajstić information content (AvgIpc) is 2.55. The Morgan fingerprint density at radius 2 is 1.68 bits per heavy atom. The van der Waals surface area contributed by atoms with Crippen molar-refractivity contribution in [2.24, 2.45) is 5.73 Å². The lowest BCUT2D eigenvalue weighted by molar-refractivity contribution is 0.0527. The normalized spacial score (nSPS) is 10.1. The maximum atomic E-state index is 12.4. The number of carbonyl (C=O) groups excluding carboxylic acids is 2. The second-order valence-electron chi connectivity index (χ2n) is 4.58. The summed E-state index contributed by atoms with van der Waals surface area (Å²) >= 11 is 0. The topological polar surface area (TPSA) is 81.4 Å². The van der Waals surface area contributed by atoms with Gasteiger partial charge < -0.3 is 15.8 Å². The van der Waals surface area contributed by atoms with Crippen LogP contribution in [0.25, 0.3) is 0 Å². The van der Waals surface area contributed by atoms with Crippen LogP contribution in [0.2, 0.25) is 0 Å². The number of carbonyl (C=O) groups is 2. The van der Waals surface area contributed by atoms with Crippen molar-refractivity contribution in [2.75, 3.05) is 11.9 Å². The summed E-state index contributed by atoms with van der Waals surface area (Å²) in [5.74, 6) is -0.775. The molecule has 114 valence electrons. The number of rotatable bonds is 5. The Balaban J connectivity index is 2.27. The lowest BCUT2D eigenvalue weighted by atomic mass is 10.1. The molecule has 0 spiro atoms. The van der Waals surface area contributed by atoms with E-state index in [0.29, 0.717) is 16.8 Å². The molecular weight excluding hydrogens is 280 g/mol. The monoisotopic (exact) mass is 298 g/mol. The molecule has 2 aromatic carbocycles. The van der Waals surface area contributed by atoms with Gasteiger partial charge in [0.1, 0.15) is 0 Å². The Morgan fingerprint density at radius 1 is 1.05 bits per heavy atom. The van der Waals surface area contributed by atoms with Crippen LogP contribution in [0.15, 0.2) is 48.5 Å². The van der Waals surface area contributed by atoms with Crippen LogP contribution in [0.4, 0.5) is 5.69 Å². The Bertz CT molecular complexity index is 683. The average molecular weight is 298 g/mol. The summed E-state index contributed by atoms with van der Waals surface area (Å²) in [5, 5.41) is 2.75. The van der Waals surface area contributed by atoms with Crippen LogP contribution in [0.5, 0.6) is 0 Å². The molecule has 0 heterocycles. The number of ether oxygens (including phenoxy) is 1. The summed E-state index contributed by atoms with van der Waals surface area (Å²) in [6.45, 7) is 2.27. The van der Waals surface area contributed by atoms with Crippen LogP contribution < -0.4 is 11.1 Å². The summed E-state index contributed by atoms with van der Waals surface area (Å²) in [7, 11) is 0. The summed E-state index contributed by atoms with van der Waals surface area (Å²) in [5.41, 5.74) is 7.62. The van der Waals surface area contributed by atoms with Gasteiger partial charge in [0.15, 0.2) is 0 Å². The highest BCUT2D eigenvalue weighted by Gasteiger charge is 2.16. The molecular formula is C17H18N2O3. The first kappa shape index (κ1) is 15.7. The van der Waals surface area contributed by atoms with Gasteiger partial charge in [-0.1, -0.05) is 30.3 Å². The van der Waals surface area contributed by atoms with Crippen molar-refractivity contribution >= 4 is 17.6 Å². The molecule has 0 aromatic heterocycles. The van der Waals surface area contributed by atoms with Gasteiger partial charge in [-0.15, -0.1) is 0 Å². The third-order valence-corrected chi connectivity index (χ3v) is 3.15. The fraction of sp³-hybridized carbons (Fsp3) is 0.176. The largest absolute Gasteiger partial charge is 0.462 e. The van der Waals surface area contributed by atoms with Crippen molar-refractivity contribution in [1.82, 2.24) is 0 Å². The highest BCUT2D eigenvalue weighted by atomic mass is 16.5. The number of hydrogen-bond acceptors (Lipinski definition) is 4. The van der Waals surface area contributed by atoms with Gasteiger partial charge in [-0.2, -0.15) is 0 Å². The smallest absolute Gasteiger partial charge is 0.340 e. The Kier molecular flexibility index (Phi) is 5.27. The fourth-order valence-corrected chi connectivity index (χ4v) is 2.09. The molecule has 0 atom stereocenters. The number of nitrogens with one attached hydrogen (secondary N) is 1. The van der Waals surface area contributed by atoms with Gasteiger partial charge in [-0.3, -0.25) is 4.79 Å². The third kappa shape index (κ3) is 3.51. The highest BCUT2D eigenvalue weighted by Crippen LogP contribution is 2.18. The fourth-order valence-electron chi connectivity index (χ4n) is 2.09. The molecule has 0 fully saturated rings. The second kappa shape index (κ2) is 7.38. The molecule has 2 aromatic rings. The van der Waals surface area contributed by atoms with Gasteiger partial charge in [0, 0.05) is 12.1 Å². The predicted octanol–water partition coefficient (Wildman–Crippen LogP) is 2.57. The minimum Gasteiger partial charge on any atom is -0.462 e. The quantitative estimate of drug-likeness (QED) is 0.831. The Morgan fingerprint density at radius 3 is 2.36 bits per heavy atom. The maximum absolute atomic E-state index is 12.4. The van der Waals surface area contributed by atoms with E-state index in [1.165, 1.54) is 0 Å². The molecule has 0 aliphatic carbocycles. The van der Waals surface area contributed by atoms with Crippen molar-refractivity contribution in [2.45, 2.75) is 13.5 Å². The Hall–Kier alpha value is -2.66. The van der Waals surface area contributed by atoms with Crippen LogP contribution in [0.3, 0.4) is 0 Å². The minimum absolute atomic E-state index is 0.267. The molecule has 5 nitrogen and oxygen atoms in total. The van der Waals surface area contributed by atoms with Crippen LogP contribution in [0, 0.1) is 0 Å². The van der Waals surface area contributed by atoms with Gasteiger partial charge in [-0.25, -0.2) is 4.79 Å². The van der Waals surface area contributed by atoms with Crippen molar-refractivity contribution in [3.63, 3.8) is 0 Å². The van der Waals surface area contributed by atoms with Crippen molar-refractivity contribution in [1.29, 1.82) is 0 Å². The second-order valence-corrected chi connectivity index (χ2v) is 4.58. The minimum atomic E-state index is -0.467. The van der Waals surface area contributed by atoms with Crippen LogP contribution >= 0.6 is 0 Å². The molecule has 0 radical (unpaired) electrons. The molecule has 0 aliphatic heterocycles. The summed E-state index contributed by atoms with van der Waals surface area (Å²) in [4.78, 5) is 24.3. The third-order valence-electron chi connectivity index (χ3n) is 3.15. The first-order chi connectivity index (χ1) is 10.7. The summed E-state index contributed by atoms with van der Waals surface area (Å²) < 4.78 is 4.99. The van der Waals surface area contributed by atoms with Crippen LogP contribution in [-0.2, 0) is 11.3 Å². The molecule has 0 saturated carbocycles. The number of esters is 1. The zero-order chi connectivity index (χ0) is 15.9. The molecule has 1 amide bonds. The zero-order valence-electron chi connectivity index (χ0n) is 12.3. The number of para-hydroxylation sites is 1. The van der Waals surface area contributed by atoms with Gasteiger partial charge in [0.2, 0.25) is 0 Å². The predicted molar refractivity (Wildman–Crippen MR) is 84.7 cm³/mol. The molecule has 0 unspecified atom stereocenters. The first-order valence-electron chi connectivity index (χ1n) is 7.02. The summed E-state index contributed by atoms with van der Waals surface area (Å²) in [6.07, 6.45) is 0. The lowest BCUT2D eigenvalue weighted by Gasteiger charge is -2.12. The van der Waals surface area contributed by atoms with Crippen molar-refractivity contribution in [3.8, 4) is 0 Å². The Labute approximate surface area is 129 Å². The van der Waals surface area contributed by atoms with E-state index in [9.17, 15) is 9.59 Å². The van der Waals surface area contributed by atoms with Crippen LogP contribution in [0.1, 0.15) is 33.2 Å². The zero-order valence-corrected chi connectivity index (χ0v) is 12.3. The molecule has 0 bridgehead atoms. The first-order valence-corrected chi connectivity index (χ1v) is 7.02. The van der Waals surface area contributed by atoms with Gasteiger partial charge in [-0.05, 0) is 30.7 Å².